The van der Waals surface area contributed by atoms with Crippen LogP contribution in [0.3, 0.4) is 0 Å². The number of pyridine rings is 2. The van der Waals surface area contributed by atoms with Crippen LogP contribution in [0.15, 0.2) is 162 Å². The Bertz CT molecular complexity index is 3300. The summed E-state index contributed by atoms with van der Waals surface area (Å²) in [6, 6.07) is 51.9. The van der Waals surface area contributed by atoms with Crippen molar-refractivity contribution in [2.45, 2.75) is 25.2 Å². The van der Waals surface area contributed by atoms with Gasteiger partial charge in [0.05, 0.1) is 27.8 Å². The van der Waals surface area contributed by atoms with Gasteiger partial charge >= 0.3 is 0 Å². The molecule has 1 aliphatic carbocycles. The summed E-state index contributed by atoms with van der Waals surface area (Å²) < 4.78 is 11.3. The van der Waals surface area contributed by atoms with E-state index >= 15 is 0 Å². The Labute approximate surface area is 316 Å². The predicted molar refractivity (Wildman–Crippen MR) is 221 cm³/mol. The second kappa shape index (κ2) is 11.7. The number of nitrogens with zero attached hydrogens (tertiary/aromatic N) is 5. The number of furan rings is 1. The van der Waals surface area contributed by atoms with Gasteiger partial charge in [-0.25, -0.2) is 9.97 Å². The maximum atomic E-state index is 6.84. The van der Waals surface area contributed by atoms with Gasteiger partial charge in [0.2, 0.25) is 5.78 Å². The maximum Gasteiger partial charge on any atom is 0.221 e. The molecule has 11 aromatic rings. The summed E-state index contributed by atoms with van der Waals surface area (Å²) in [7, 11) is 0. The average Bonchev–Trinajstić information content (AvgIpc) is 4.00. The number of hydrogen-bond donors (Lipinski definition) is 0. The Morgan fingerprint density at radius 1 is 0.618 bits per heavy atom. The quantitative estimate of drug-likeness (QED) is 0.179. The zero-order chi connectivity index (χ0) is 36.0. The highest BCUT2D eigenvalue weighted by molar-refractivity contribution is 6.13. The second-order valence-electron chi connectivity index (χ2n) is 14.9. The lowest BCUT2D eigenvalue weighted by Gasteiger charge is -2.12. The van der Waals surface area contributed by atoms with Crippen LogP contribution in [0.4, 0.5) is 0 Å². The molecule has 1 unspecified atom stereocenters. The molecule has 0 saturated carbocycles. The average molecular weight is 708 g/mol. The molecule has 260 valence electrons. The van der Waals surface area contributed by atoms with Crippen molar-refractivity contribution < 1.29 is 4.42 Å². The first-order chi connectivity index (χ1) is 27.2. The van der Waals surface area contributed by atoms with Gasteiger partial charge in [0.1, 0.15) is 17.0 Å². The molecule has 0 saturated heterocycles. The van der Waals surface area contributed by atoms with Crippen LogP contribution >= 0.6 is 0 Å². The molecule has 0 fully saturated rings. The van der Waals surface area contributed by atoms with Gasteiger partial charge in [-0.3, -0.25) is 14.0 Å². The monoisotopic (exact) mass is 707 g/mol. The number of benzene rings is 6. The van der Waals surface area contributed by atoms with Gasteiger partial charge in [-0.15, -0.1) is 0 Å². The van der Waals surface area contributed by atoms with Crippen LogP contribution < -0.4 is 0 Å². The Morgan fingerprint density at radius 3 is 2.35 bits per heavy atom. The van der Waals surface area contributed by atoms with E-state index in [9.17, 15) is 0 Å². The van der Waals surface area contributed by atoms with E-state index in [0.29, 0.717) is 5.92 Å². The summed E-state index contributed by atoms with van der Waals surface area (Å²) in [5.74, 6) is 2.12. The molecule has 12 rings (SSSR count). The summed E-state index contributed by atoms with van der Waals surface area (Å²) in [6.07, 6.45) is 6.53. The number of para-hydroxylation sites is 2. The SMILES string of the molecule is c1ccc(C2Cc3ccnc(-c4cc(Cc5ccc6c(c5)n(-c5ccccn5)c5nc7ccccc7n65)cc5c4oc4cc6ccccc6cc45)c3C2)cc1. The van der Waals surface area contributed by atoms with E-state index in [0.717, 1.165) is 86.1 Å². The lowest BCUT2D eigenvalue weighted by molar-refractivity contribution is 0.670. The van der Waals surface area contributed by atoms with Crippen molar-refractivity contribution in [2.75, 3.05) is 0 Å². The van der Waals surface area contributed by atoms with E-state index in [1.54, 1.807) is 0 Å². The molecule has 0 aliphatic heterocycles. The van der Waals surface area contributed by atoms with Gasteiger partial charge in [0, 0.05) is 28.7 Å². The first-order valence-electron chi connectivity index (χ1n) is 19.0. The highest BCUT2D eigenvalue weighted by Crippen LogP contribution is 2.43. The van der Waals surface area contributed by atoms with Crippen LogP contribution in [0.25, 0.3) is 77.6 Å². The van der Waals surface area contributed by atoms with Gasteiger partial charge in [-0.1, -0.05) is 78.9 Å². The van der Waals surface area contributed by atoms with Gasteiger partial charge < -0.3 is 4.42 Å². The standard InChI is InChI=1S/C49H33N5O/c1-2-10-32(11-3-1)36-26-35-19-21-51-47(37(35)28-36)40-24-31(23-39-38-27-33-12-4-5-13-34(33)29-45(38)55-48(39)40)22-30-17-18-43-44(25-30)54(46-16-8-9-20-50-46)49-52-41-14-6-7-15-42(41)53(43)49/h1-21,23-25,27,29,36H,22,26,28H2. The molecule has 0 amide bonds. The van der Waals surface area contributed by atoms with Crippen molar-refractivity contribution in [1.29, 1.82) is 0 Å². The van der Waals surface area contributed by atoms with Crippen molar-refractivity contribution in [3.8, 4) is 17.1 Å². The minimum Gasteiger partial charge on any atom is -0.455 e. The van der Waals surface area contributed by atoms with Crippen LogP contribution in [0.1, 0.15) is 33.7 Å². The van der Waals surface area contributed by atoms with Gasteiger partial charge in [0.15, 0.2) is 0 Å². The highest BCUT2D eigenvalue weighted by atomic mass is 16.3. The molecule has 0 N–H and O–H groups in total. The largest absolute Gasteiger partial charge is 0.455 e. The van der Waals surface area contributed by atoms with E-state index in [1.165, 1.54) is 38.6 Å². The Kier molecular flexibility index (Phi) is 6.48. The van der Waals surface area contributed by atoms with Crippen molar-refractivity contribution >= 4 is 60.6 Å². The maximum absolute atomic E-state index is 6.84. The number of aromatic nitrogens is 5. The third-order valence-corrected chi connectivity index (χ3v) is 11.6. The van der Waals surface area contributed by atoms with Crippen LogP contribution in [0.5, 0.6) is 0 Å². The topological polar surface area (TPSA) is 61.2 Å². The third-order valence-electron chi connectivity index (χ3n) is 11.6. The van der Waals surface area contributed by atoms with Crippen LogP contribution in [0, 0.1) is 0 Å². The number of imidazole rings is 2. The third kappa shape index (κ3) is 4.71. The fraction of sp³-hybridized carbons (Fsp3) is 0.0816. The molecule has 1 aliphatic rings. The normalized spacial score (nSPS) is 14.3. The lowest BCUT2D eigenvalue weighted by Crippen LogP contribution is -1.99. The number of fused-ring (bicyclic) bond motifs is 10. The molecule has 6 nitrogen and oxygen atoms in total. The zero-order valence-corrected chi connectivity index (χ0v) is 29.9. The molecule has 0 bridgehead atoms. The molecule has 6 heteroatoms. The van der Waals surface area contributed by atoms with E-state index < -0.39 is 0 Å². The number of hydrogen-bond acceptors (Lipinski definition) is 4. The summed E-state index contributed by atoms with van der Waals surface area (Å²) in [4.78, 5) is 15.0. The van der Waals surface area contributed by atoms with Gasteiger partial charge in [-0.05, 0) is 131 Å². The fourth-order valence-electron chi connectivity index (χ4n) is 9.13. The second-order valence-corrected chi connectivity index (χ2v) is 14.9. The molecular formula is C49H33N5O. The summed E-state index contributed by atoms with van der Waals surface area (Å²) in [5.41, 5.74) is 14.6. The molecular weight excluding hydrogens is 675 g/mol. The van der Waals surface area contributed by atoms with E-state index in [1.807, 2.05) is 36.7 Å². The molecule has 0 spiro atoms. The Morgan fingerprint density at radius 2 is 1.45 bits per heavy atom. The molecule has 6 aromatic carbocycles. The van der Waals surface area contributed by atoms with Crippen molar-refractivity contribution in [1.82, 2.24) is 23.9 Å². The minimum absolute atomic E-state index is 0.430. The molecule has 0 radical (unpaired) electrons. The van der Waals surface area contributed by atoms with Crippen LogP contribution in [-0.4, -0.2) is 23.9 Å². The van der Waals surface area contributed by atoms with Crippen LogP contribution in [-0.2, 0) is 19.3 Å². The van der Waals surface area contributed by atoms with E-state index in [2.05, 4.69) is 130 Å². The highest BCUT2D eigenvalue weighted by Gasteiger charge is 2.28. The number of rotatable bonds is 5. The minimum atomic E-state index is 0.430. The summed E-state index contributed by atoms with van der Waals surface area (Å²) >= 11 is 0. The fourth-order valence-corrected chi connectivity index (χ4v) is 9.13. The molecule has 5 aromatic heterocycles. The first-order valence-corrected chi connectivity index (χ1v) is 19.0. The molecule has 55 heavy (non-hydrogen) atoms. The van der Waals surface area contributed by atoms with Crippen LogP contribution in [0.2, 0.25) is 0 Å². The molecule has 5 heterocycles. The van der Waals surface area contributed by atoms with Crippen molar-refractivity contribution in [3.05, 3.63) is 186 Å². The van der Waals surface area contributed by atoms with Crippen molar-refractivity contribution in [2.24, 2.45) is 0 Å². The van der Waals surface area contributed by atoms with E-state index in [4.69, 9.17) is 19.4 Å². The molecule has 1 atom stereocenters. The smallest absolute Gasteiger partial charge is 0.221 e. The van der Waals surface area contributed by atoms with E-state index in [-0.39, 0.29) is 0 Å². The van der Waals surface area contributed by atoms with Crippen molar-refractivity contribution in [3.63, 3.8) is 0 Å². The Hall–Kier alpha value is -7.05. The first kappa shape index (κ1) is 30.4. The zero-order valence-electron chi connectivity index (χ0n) is 29.9. The lowest BCUT2D eigenvalue weighted by atomic mass is 9.94. The van der Waals surface area contributed by atoms with Gasteiger partial charge in [-0.2, -0.15) is 0 Å². The predicted octanol–water partition coefficient (Wildman–Crippen LogP) is 11.4. The summed E-state index contributed by atoms with van der Waals surface area (Å²) in [6.45, 7) is 0. The summed E-state index contributed by atoms with van der Waals surface area (Å²) in [5, 5.41) is 4.61. The van der Waals surface area contributed by atoms with Gasteiger partial charge in [0.25, 0.3) is 0 Å². The Balaban J connectivity index is 1.05.